The van der Waals surface area contributed by atoms with Gasteiger partial charge in [0, 0.05) is 47.1 Å². The van der Waals surface area contributed by atoms with Crippen LogP contribution in [-0.2, 0) is 4.74 Å². The lowest BCUT2D eigenvalue weighted by Crippen LogP contribution is -2.36. The number of anilines is 1. The summed E-state index contributed by atoms with van der Waals surface area (Å²) in [7, 11) is 0. The highest BCUT2D eigenvalue weighted by atomic mass is 35.5. The van der Waals surface area contributed by atoms with Gasteiger partial charge < -0.3 is 14.2 Å². The topological polar surface area (TPSA) is 43.2 Å². The summed E-state index contributed by atoms with van der Waals surface area (Å²) in [5.41, 5.74) is 5.49. The van der Waals surface area contributed by atoms with Gasteiger partial charge in [-0.25, -0.2) is 4.98 Å². The Bertz CT molecular complexity index is 1160. The van der Waals surface area contributed by atoms with Crippen LogP contribution < -0.4 is 4.90 Å². The van der Waals surface area contributed by atoms with Crippen LogP contribution in [-0.4, -0.2) is 40.8 Å². The van der Waals surface area contributed by atoms with E-state index >= 15 is 0 Å². The summed E-state index contributed by atoms with van der Waals surface area (Å²) in [6.45, 7) is 5.40. The number of hydrogen-bond donors (Lipinski definition) is 0. The lowest BCUT2D eigenvalue weighted by atomic mass is 10.1. The molecule has 0 bridgehead atoms. The van der Waals surface area contributed by atoms with Crippen molar-refractivity contribution in [1.82, 2.24) is 14.5 Å². The third kappa shape index (κ3) is 3.37. The fourth-order valence-corrected chi connectivity index (χ4v) is 4.01. The first kappa shape index (κ1) is 18.2. The van der Waals surface area contributed by atoms with Gasteiger partial charge in [0.1, 0.15) is 5.82 Å². The number of morpholine rings is 1. The van der Waals surface area contributed by atoms with Crippen LogP contribution in [0.1, 0.15) is 5.56 Å². The Morgan fingerprint density at radius 1 is 1.00 bits per heavy atom. The molecule has 4 aromatic rings. The number of halogens is 1. The molecule has 0 unspecified atom stereocenters. The zero-order valence-electron chi connectivity index (χ0n) is 16.2. The van der Waals surface area contributed by atoms with E-state index in [0.717, 1.165) is 65.0 Å². The van der Waals surface area contributed by atoms with Crippen molar-refractivity contribution in [1.29, 1.82) is 0 Å². The molecule has 3 aromatic heterocycles. The van der Waals surface area contributed by atoms with E-state index in [9.17, 15) is 0 Å². The Balaban J connectivity index is 1.65. The lowest BCUT2D eigenvalue weighted by Gasteiger charge is -2.28. The molecule has 1 aromatic carbocycles. The summed E-state index contributed by atoms with van der Waals surface area (Å²) < 4.78 is 7.68. The van der Waals surface area contributed by atoms with Gasteiger partial charge >= 0.3 is 0 Å². The van der Waals surface area contributed by atoms with E-state index in [4.69, 9.17) is 21.3 Å². The number of aryl methyl sites for hydroxylation is 1. The van der Waals surface area contributed by atoms with Gasteiger partial charge in [-0.3, -0.25) is 4.98 Å². The van der Waals surface area contributed by atoms with E-state index in [1.807, 2.05) is 48.9 Å². The molecule has 5 nitrogen and oxygen atoms in total. The average Bonchev–Trinajstić information content (AvgIpc) is 3.14. The summed E-state index contributed by atoms with van der Waals surface area (Å²) in [6, 6.07) is 14.3. The third-order valence-electron chi connectivity index (χ3n) is 5.40. The molecule has 1 fully saturated rings. The van der Waals surface area contributed by atoms with Gasteiger partial charge in [-0.2, -0.15) is 0 Å². The van der Waals surface area contributed by atoms with Gasteiger partial charge in [0.05, 0.1) is 30.6 Å². The number of aromatic nitrogens is 3. The molecule has 0 amide bonds. The maximum absolute atomic E-state index is 6.12. The van der Waals surface area contributed by atoms with E-state index in [2.05, 4.69) is 33.5 Å². The highest BCUT2D eigenvalue weighted by molar-refractivity contribution is 6.30. The number of fused-ring (bicyclic) bond motifs is 1. The number of ether oxygens (including phenoxy) is 1. The highest BCUT2D eigenvalue weighted by Gasteiger charge is 2.17. The van der Waals surface area contributed by atoms with Gasteiger partial charge in [0.15, 0.2) is 0 Å². The SMILES string of the molecule is Cc1cc(N2CCOCC2)ncc1-c1cc2ccncc2n1-c1ccc(Cl)cc1. The molecule has 0 radical (unpaired) electrons. The largest absolute Gasteiger partial charge is 0.378 e. The summed E-state index contributed by atoms with van der Waals surface area (Å²) in [4.78, 5) is 11.4. The van der Waals surface area contributed by atoms with Gasteiger partial charge in [0.25, 0.3) is 0 Å². The first-order chi connectivity index (χ1) is 14.2. The van der Waals surface area contributed by atoms with Crippen LogP contribution in [0.5, 0.6) is 0 Å². The normalized spacial score (nSPS) is 14.5. The van der Waals surface area contributed by atoms with E-state index < -0.39 is 0 Å². The summed E-state index contributed by atoms with van der Waals surface area (Å²) in [5, 5.41) is 1.86. The fraction of sp³-hybridized carbons (Fsp3) is 0.217. The molecule has 29 heavy (non-hydrogen) atoms. The van der Waals surface area contributed by atoms with E-state index in [-0.39, 0.29) is 0 Å². The Labute approximate surface area is 174 Å². The minimum atomic E-state index is 0.720. The van der Waals surface area contributed by atoms with E-state index in [1.54, 1.807) is 0 Å². The first-order valence-corrected chi connectivity index (χ1v) is 10.1. The Morgan fingerprint density at radius 2 is 1.79 bits per heavy atom. The number of pyridine rings is 2. The highest BCUT2D eigenvalue weighted by Crippen LogP contribution is 2.34. The number of rotatable bonds is 3. The molecule has 0 atom stereocenters. The standard InChI is InChI=1S/C23H21ClN4O/c1-16-12-23(27-8-10-29-11-9-27)26-14-20(16)21-13-17-6-7-25-15-22(17)28(21)19-4-2-18(24)3-5-19/h2-7,12-15H,8-11H2,1H3. The second-order valence-corrected chi connectivity index (χ2v) is 7.67. The van der Waals surface area contributed by atoms with Crippen LogP contribution in [0.25, 0.3) is 27.8 Å². The molecule has 0 spiro atoms. The van der Waals surface area contributed by atoms with Crippen molar-refractivity contribution in [2.45, 2.75) is 6.92 Å². The predicted octanol–water partition coefficient (Wildman–Crippen LogP) is 4.89. The van der Waals surface area contributed by atoms with Gasteiger partial charge in [-0.1, -0.05) is 11.6 Å². The van der Waals surface area contributed by atoms with Crippen LogP contribution in [0.4, 0.5) is 5.82 Å². The van der Waals surface area contributed by atoms with Crippen molar-refractivity contribution in [2.24, 2.45) is 0 Å². The Hall–Kier alpha value is -2.89. The number of hydrogen-bond acceptors (Lipinski definition) is 4. The minimum absolute atomic E-state index is 0.720. The smallest absolute Gasteiger partial charge is 0.128 e. The fourth-order valence-electron chi connectivity index (χ4n) is 3.89. The number of nitrogens with zero attached hydrogens (tertiary/aromatic N) is 4. The second-order valence-electron chi connectivity index (χ2n) is 7.23. The average molecular weight is 405 g/mol. The monoisotopic (exact) mass is 404 g/mol. The molecule has 0 saturated carbocycles. The van der Waals surface area contributed by atoms with Crippen molar-refractivity contribution >= 4 is 28.3 Å². The third-order valence-corrected chi connectivity index (χ3v) is 5.65. The quantitative estimate of drug-likeness (QED) is 0.487. The van der Waals surface area contributed by atoms with Gasteiger partial charge in [-0.05, 0) is 55.0 Å². The van der Waals surface area contributed by atoms with Crippen molar-refractivity contribution in [3.05, 3.63) is 71.6 Å². The van der Waals surface area contributed by atoms with Crippen LogP contribution in [0.15, 0.2) is 61.1 Å². The van der Waals surface area contributed by atoms with Crippen molar-refractivity contribution < 1.29 is 4.74 Å². The van der Waals surface area contributed by atoms with Crippen LogP contribution in [0.3, 0.4) is 0 Å². The van der Waals surface area contributed by atoms with Crippen molar-refractivity contribution in [2.75, 3.05) is 31.2 Å². The summed E-state index contributed by atoms with van der Waals surface area (Å²) in [5.74, 6) is 1.00. The molecule has 1 saturated heterocycles. The van der Waals surface area contributed by atoms with Gasteiger partial charge in [-0.15, -0.1) is 0 Å². The van der Waals surface area contributed by atoms with Gasteiger partial charge in [0.2, 0.25) is 0 Å². The Kier molecular flexibility index (Phi) is 4.70. The molecule has 1 aliphatic heterocycles. The molecule has 0 N–H and O–H groups in total. The van der Waals surface area contributed by atoms with Crippen LogP contribution in [0, 0.1) is 6.92 Å². The second kappa shape index (κ2) is 7.50. The van der Waals surface area contributed by atoms with E-state index in [0.29, 0.717) is 0 Å². The minimum Gasteiger partial charge on any atom is -0.378 e. The summed E-state index contributed by atoms with van der Waals surface area (Å²) >= 11 is 6.12. The number of benzene rings is 1. The lowest BCUT2D eigenvalue weighted by molar-refractivity contribution is 0.122. The molecule has 146 valence electrons. The predicted molar refractivity (Wildman–Crippen MR) is 117 cm³/mol. The van der Waals surface area contributed by atoms with E-state index in [1.165, 1.54) is 5.56 Å². The molecular formula is C23H21ClN4O. The maximum Gasteiger partial charge on any atom is 0.128 e. The summed E-state index contributed by atoms with van der Waals surface area (Å²) in [6.07, 6.45) is 5.71. The zero-order valence-corrected chi connectivity index (χ0v) is 16.9. The Morgan fingerprint density at radius 3 is 2.55 bits per heavy atom. The van der Waals surface area contributed by atoms with Crippen LogP contribution in [0.2, 0.25) is 5.02 Å². The van der Waals surface area contributed by atoms with Crippen LogP contribution >= 0.6 is 11.6 Å². The molecule has 4 heterocycles. The zero-order chi connectivity index (χ0) is 19.8. The molecule has 6 heteroatoms. The molecule has 1 aliphatic rings. The molecule has 5 rings (SSSR count). The molecular weight excluding hydrogens is 384 g/mol. The maximum atomic E-state index is 6.12. The van der Waals surface area contributed by atoms with Crippen molar-refractivity contribution in [3.63, 3.8) is 0 Å². The van der Waals surface area contributed by atoms with Crippen molar-refractivity contribution in [3.8, 4) is 16.9 Å². The first-order valence-electron chi connectivity index (χ1n) is 9.72. The molecule has 0 aliphatic carbocycles.